The monoisotopic (exact) mass is 322 g/mol. The Labute approximate surface area is 144 Å². The Bertz CT molecular complexity index is 617. The number of carbonyl (C=O) groups is 1. The SMILES string of the molecule is CC1CN(C)CCN1C(=O)CC(c1ccccc1)c1ccccc1. The second kappa shape index (κ2) is 7.63. The van der Waals surface area contributed by atoms with Gasteiger partial charge in [-0.3, -0.25) is 4.79 Å². The molecule has 126 valence electrons. The van der Waals surface area contributed by atoms with Gasteiger partial charge in [-0.2, -0.15) is 0 Å². The van der Waals surface area contributed by atoms with E-state index >= 15 is 0 Å². The van der Waals surface area contributed by atoms with E-state index in [9.17, 15) is 4.79 Å². The predicted molar refractivity (Wildman–Crippen MR) is 98.0 cm³/mol. The molecule has 24 heavy (non-hydrogen) atoms. The molecule has 1 heterocycles. The number of nitrogens with zero attached hydrogens (tertiary/aromatic N) is 2. The van der Waals surface area contributed by atoms with Gasteiger partial charge in [0.1, 0.15) is 0 Å². The molecule has 0 saturated carbocycles. The van der Waals surface area contributed by atoms with Crippen LogP contribution in [0, 0.1) is 0 Å². The van der Waals surface area contributed by atoms with Crippen molar-refractivity contribution in [2.45, 2.75) is 25.3 Å². The fourth-order valence-corrected chi connectivity index (χ4v) is 3.60. The molecule has 1 aliphatic heterocycles. The molecule has 1 amide bonds. The number of carbonyl (C=O) groups excluding carboxylic acids is 1. The van der Waals surface area contributed by atoms with Crippen molar-refractivity contribution in [3.05, 3.63) is 71.8 Å². The number of benzene rings is 2. The first-order valence-electron chi connectivity index (χ1n) is 8.73. The number of rotatable bonds is 4. The lowest BCUT2D eigenvalue weighted by Gasteiger charge is -2.39. The van der Waals surface area contributed by atoms with E-state index < -0.39 is 0 Å². The van der Waals surface area contributed by atoms with E-state index in [-0.39, 0.29) is 17.9 Å². The van der Waals surface area contributed by atoms with Crippen molar-refractivity contribution >= 4 is 5.91 Å². The maximum absolute atomic E-state index is 13.0. The van der Waals surface area contributed by atoms with Crippen molar-refractivity contribution in [1.82, 2.24) is 9.80 Å². The second-order valence-corrected chi connectivity index (χ2v) is 6.78. The van der Waals surface area contributed by atoms with E-state index in [1.54, 1.807) is 0 Å². The molecule has 0 aromatic heterocycles. The molecule has 1 saturated heterocycles. The molecule has 1 aliphatic rings. The quantitative estimate of drug-likeness (QED) is 0.861. The number of amides is 1. The molecule has 1 fully saturated rings. The van der Waals surface area contributed by atoms with Gasteiger partial charge in [-0.1, -0.05) is 60.7 Å². The zero-order chi connectivity index (χ0) is 16.9. The molecule has 0 spiro atoms. The van der Waals surface area contributed by atoms with E-state index in [4.69, 9.17) is 0 Å². The van der Waals surface area contributed by atoms with E-state index in [2.05, 4.69) is 48.0 Å². The van der Waals surface area contributed by atoms with E-state index in [0.29, 0.717) is 6.42 Å². The van der Waals surface area contributed by atoms with Crippen LogP contribution in [0.25, 0.3) is 0 Å². The minimum absolute atomic E-state index is 0.117. The first-order valence-corrected chi connectivity index (χ1v) is 8.73. The zero-order valence-corrected chi connectivity index (χ0v) is 14.6. The van der Waals surface area contributed by atoms with Crippen LogP contribution in [0.1, 0.15) is 30.4 Å². The van der Waals surface area contributed by atoms with Crippen molar-refractivity contribution < 1.29 is 4.79 Å². The first-order chi connectivity index (χ1) is 11.6. The Kier molecular flexibility index (Phi) is 5.31. The highest BCUT2D eigenvalue weighted by Crippen LogP contribution is 2.29. The third kappa shape index (κ3) is 3.85. The Balaban J connectivity index is 1.81. The first kappa shape index (κ1) is 16.7. The summed E-state index contributed by atoms with van der Waals surface area (Å²) in [7, 11) is 2.12. The average molecular weight is 322 g/mol. The fraction of sp³-hybridized carbons (Fsp3) is 0.381. The van der Waals surface area contributed by atoms with Crippen LogP contribution in [-0.2, 0) is 4.79 Å². The van der Waals surface area contributed by atoms with Gasteiger partial charge in [0, 0.05) is 38.0 Å². The lowest BCUT2D eigenvalue weighted by Crippen LogP contribution is -2.52. The summed E-state index contributed by atoms with van der Waals surface area (Å²) in [6.45, 7) is 4.88. The molecule has 1 unspecified atom stereocenters. The van der Waals surface area contributed by atoms with Gasteiger partial charge >= 0.3 is 0 Å². The molecule has 0 bridgehead atoms. The second-order valence-electron chi connectivity index (χ2n) is 6.78. The lowest BCUT2D eigenvalue weighted by molar-refractivity contribution is -0.135. The third-order valence-corrected chi connectivity index (χ3v) is 4.93. The van der Waals surface area contributed by atoms with Gasteiger partial charge in [0.15, 0.2) is 0 Å². The minimum atomic E-state index is 0.117. The van der Waals surface area contributed by atoms with Crippen LogP contribution >= 0.6 is 0 Å². The summed E-state index contributed by atoms with van der Waals surface area (Å²) in [5.41, 5.74) is 2.41. The Morgan fingerprint density at radius 2 is 1.54 bits per heavy atom. The molecular formula is C21H26N2O. The molecule has 2 aromatic rings. The number of likely N-dealkylation sites (N-methyl/N-ethyl adjacent to an activating group) is 1. The Morgan fingerprint density at radius 3 is 2.04 bits per heavy atom. The smallest absolute Gasteiger partial charge is 0.223 e. The minimum Gasteiger partial charge on any atom is -0.337 e. The highest BCUT2D eigenvalue weighted by Gasteiger charge is 2.28. The fourth-order valence-electron chi connectivity index (χ4n) is 3.60. The summed E-state index contributed by atoms with van der Waals surface area (Å²) in [5, 5.41) is 0. The highest BCUT2D eigenvalue weighted by atomic mass is 16.2. The van der Waals surface area contributed by atoms with Gasteiger partial charge in [0.05, 0.1) is 0 Å². The average Bonchev–Trinajstić information content (AvgIpc) is 2.61. The standard InChI is InChI=1S/C21H26N2O/c1-17-16-22(2)13-14-23(17)21(24)15-20(18-9-5-3-6-10-18)19-11-7-4-8-12-19/h3-12,17,20H,13-16H2,1-2H3. The summed E-state index contributed by atoms with van der Waals surface area (Å²) < 4.78 is 0. The predicted octanol–water partition coefficient (Wildman–Crippen LogP) is 3.37. The van der Waals surface area contributed by atoms with Crippen molar-refractivity contribution in [3.63, 3.8) is 0 Å². The highest BCUT2D eigenvalue weighted by molar-refractivity contribution is 5.78. The van der Waals surface area contributed by atoms with Crippen LogP contribution in [0.5, 0.6) is 0 Å². The van der Waals surface area contributed by atoms with Crippen molar-refractivity contribution in [1.29, 1.82) is 0 Å². The maximum atomic E-state index is 13.0. The van der Waals surface area contributed by atoms with Gasteiger partial charge in [0.2, 0.25) is 5.91 Å². The molecule has 3 rings (SSSR count). The molecule has 3 nitrogen and oxygen atoms in total. The van der Waals surface area contributed by atoms with Gasteiger partial charge < -0.3 is 9.80 Å². The Hall–Kier alpha value is -2.13. The van der Waals surface area contributed by atoms with Crippen LogP contribution < -0.4 is 0 Å². The summed E-state index contributed by atoms with van der Waals surface area (Å²) in [4.78, 5) is 17.3. The maximum Gasteiger partial charge on any atom is 0.223 e. The third-order valence-electron chi connectivity index (χ3n) is 4.93. The van der Waals surface area contributed by atoms with E-state index in [1.165, 1.54) is 11.1 Å². The van der Waals surface area contributed by atoms with Crippen molar-refractivity contribution in [2.75, 3.05) is 26.7 Å². The summed E-state index contributed by atoms with van der Waals surface area (Å²) in [5.74, 6) is 0.375. The van der Waals surface area contributed by atoms with Crippen LogP contribution in [0.4, 0.5) is 0 Å². The van der Waals surface area contributed by atoms with Crippen LogP contribution in [0.3, 0.4) is 0 Å². The van der Waals surface area contributed by atoms with Crippen molar-refractivity contribution in [3.8, 4) is 0 Å². The largest absolute Gasteiger partial charge is 0.337 e. The zero-order valence-electron chi connectivity index (χ0n) is 14.6. The normalized spacial score (nSPS) is 18.8. The molecule has 0 aliphatic carbocycles. The van der Waals surface area contributed by atoms with Gasteiger partial charge in [-0.25, -0.2) is 0 Å². The summed E-state index contributed by atoms with van der Waals surface area (Å²) in [6, 6.07) is 21.0. The van der Waals surface area contributed by atoms with Gasteiger partial charge in [-0.05, 0) is 25.1 Å². The molecule has 3 heteroatoms. The van der Waals surface area contributed by atoms with Crippen LogP contribution in [0.15, 0.2) is 60.7 Å². The summed E-state index contributed by atoms with van der Waals surface area (Å²) in [6.07, 6.45) is 0.530. The lowest BCUT2D eigenvalue weighted by atomic mass is 9.88. The molecule has 0 radical (unpaired) electrons. The molecular weight excluding hydrogens is 296 g/mol. The topological polar surface area (TPSA) is 23.6 Å². The van der Waals surface area contributed by atoms with E-state index in [1.807, 2.05) is 36.4 Å². The number of hydrogen-bond acceptors (Lipinski definition) is 2. The van der Waals surface area contributed by atoms with Crippen LogP contribution in [-0.4, -0.2) is 48.4 Å². The van der Waals surface area contributed by atoms with E-state index in [0.717, 1.165) is 19.6 Å². The van der Waals surface area contributed by atoms with Crippen molar-refractivity contribution in [2.24, 2.45) is 0 Å². The van der Waals surface area contributed by atoms with Gasteiger partial charge in [-0.15, -0.1) is 0 Å². The Morgan fingerprint density at radius 1 is 1.00 bits per heavy atom. The van der Waals surface area contributed by atoms with Crippen LogP contribution in [0.2, 0.25) is 0 Å². The van der Waals surface area contributed by atoms with Gasteiger partial charge in [0.25, 0.3) is 0 Å². The summed E-state index contributed by atoms with van der Waals surface area (Å²) >= 11 is 0. The number of piperazine rings is 1. The molecule has 2 aromatic carbocycles. The number of hydrogen-bond donors (Lipinski definition) is 0. The molecule has 0 N–H and O–H groups in total. The molecule has 1 atom stereocenters.